The summed E-state index contributed by atoms with van der Waals surface area (Å²) >= 11 is 0. The summed E-state index contributed by atoms with van der Waals surface area (Å²) in [7, 11) is 0. The van der Waals surface area contributed by atoms with Crippen molar-refractivity contribution >= 4 is 11.9 Å². The van der Waals surface area contributed by atoms with Gasteiger partial charge >= 0.3 is 0 Å². The van der Waals surface area contributed by atoms with Crippen molar-refractivity contribution in [1.82, 2.24) is 14.6 Å². The summed E-state index contributed by atoms with van der Waals surface area (Å²) in [5, 5.41) is 8.94. The molecule has 4 rings (SSSR count). The first-order chi connectivity index (χ1) is 11.2. The number of rotatable bonds is 5. The molecule has 0 aliphatic heterocycles. The van der Waals surface area contributed by atoms with E-state index in [0.29, 0.717) is 12.8 Å². The van der Waals surface area contributed by atoms with Gasteiger partial charge in [0.25, 0.3) is 0 Å². The number of benzene rings is 1. The first kappa shape index (κ1) is 14.1. The fraction of sp³-hybridized carbons (Fsp3) is 0.316. The first-order valence-corrected chi connectivity index (χ1v) is 8.08. The predicted octanol–water partition coefficient (Wildman–Crippen LogP) is 3.25. The number of aldehydes is 1. The molecule has 0 bridgehead atoms. The minimum Gasteiger partial charge on any atom is -0.303 e. The molecule has 23 heavy (non-hydrogen) atoms. The monoisotopic (exact) mass is 305 g/mol. The quantitative estimate of drug-likeness (QED) is 0.680. The van der Waals surface area contributed by atoms with E-state index in [1.165, 1.54) is 11.1 Å². The average Bonchev–Trinajstić information content (AvgIpc) is 3.26. The second kappa shape index (κ2) is 5.30. The number of aryl methyl sites for hydroxylation is 2. The maximum Gasteiger partial charge on any atom is 0.164 e. The highest BCUT2D eigenvalue weighted by atomic mass is 16.1. The molecule has 3 aromatic rings. The molecular weight excluding hydrogens is 286 g/mol. The van der Waals surface area contributed by atoms with E-state index in [1.54, 1.807) is 0 Å². The molecule has 0 unspecified atom stereocenters. The normalized spacial score (nSPS) is 15.7. The van der Waals surface area contributed by atoms with E-state index in [0.717, 1.165) is 36.2 Å². The van der Waals surface area contributed by atoms with E-state index in [-0.39, 0.29) is 5.41 Å². The molecule has 4 nitrogen and oxygen atoms in total. The summed E-state index contributed by atoms with van der Waals surface area (Å²) in [5.41, 5.74) is 4.54. The summed E-state index contributed by atoms with van der Waals surface area (Å²) < 4.78 is 2.10. The zero-order chi connectivity index (χ0) is 15.9. The molecule has 1 aliphatic rings. The molecule has 0 amide bonds. The molecule has 1 saturated carbocycles. The number of hydrogen-bond donors (Lipinski definition) is 0. The Balaban J connectivity index is 1.80. The van der Waals surface area contributed by atoms with Crippen molar-refractivity contribution in [3.8, 4) is 0 Å². The van der Waals surface area contributed by atoms with Crippen LogP contribution in [0.5, 0.6) is 0 Å². The average molecular weight is 305 g/mol. The van der Waals surface area contributed by atoms with Crippen molar-refractivity contribution < 1.29 is 4.79 Å². The minimum absolute atomic E-state index is 0.00357. The van der Waals surface area contributed by atoms with Gasteiger partial charge in [0.2, 0.25) is 0 Å². The number of carbonyl (C=O) groups excluding carboxylic acids is 1. The van der Waals surface area contributed by atoms with Crippen LogP contribution in [0.1, 0.15) is 41.8 Å². The topological polar surface area (TPSA) is 47.3 Å². The molecule has 0 radical (unpaired) electrons. The van der Waals surface area contributed by atoms with E-state index >= 15 is 0 Å². The van der Waals surface area contributed by atoms with Gasteiger partial charge in [-0.3, -0.25) is 4.40 Å². The summed E-state index contributed by atoms with van der Waals surface area (Å²) in [4.78, 5) is 10.7. The van der Waals surface area contributed by atoms with Gasteiger partial charge in [-0.1, -0.05) is 35.9 Å². The van der Waals surface area contributed by atoms with Gasteiger partial charge in [-0.05, 0) is 43.4 Å². The van der Waals surface area contributed by atoms with Crippen LogP contribution in [0.4, 0.5) is 0 Å². The lowest BCUT2D eigenvalue weighted by Crippen LogP contribution is -2.13. The van der Waals surface area contributed by atoms with Crippen molar-refractivity contribution in [3.63, 3.8) is 0 Å². The Bertz CT molecular complexity index is 860. The zero-order valence-electron chi connectivity index (χ0n) is 13.2. The Morgan fingerprint density at radius 1 is 1.17 bits per heavy atom. The second-order valence-corrected chi connectivity index (χ2v) is 6.40. The molecule has 0 saturated heterocycles. The van der Waals surface area contributed by atoms with E-state index in [2.05, 4.69) is 45.8 Å². The number of nitrogens with zero attached hydrogens (tertiary/aromatic N) is 3. The molecule has 4 heteroatoms. The second-order valence-electron chi connectivity index (χ2n) is 6.40. The van der Waals surface area contributed by atoms with Gasteiger partial charge < -0.3 is 4.79 Å². The van der Waals surface area contributed by atoms with Crippen LogP contribution in [0.15, 0.2) is 42.6 Å². The number of pyridine rings is 1. The number of fused-ring (bicyclic) bond motifs is 1. The molecule has 2 heterocycles. The third-order valence-electron chi connectivity index (χ3n) is 4.83. The van der Waals surface area contributed by atoms with Crippen LogP contribution < -0.4 is 0 Å². The van der Waals surface area contributed by atoms with Crippen LogP contribution in [0, 0.1) is 6.92 Å². The number of aromatic nitrogens is 3. The predicted molar refractivity (Wildman–Crippen MR) is 88.6 cm³/mol. The number of hydrogen-bond acceptors (Lipinski definition) is 3. The van der Waals surface area contributed by atoms with Crippen molar-refractivity contribution in [2.45, 2.75) is 38.0 Å². The first-order valence-electron chi connectivity index (χ1n) is 8.08. The molecule has 2 aromatic heterocycles. The molecule has 0 spiro atoms. The Morgan fingerprint density at radius 2 is 1.96 bits per heavy atom. The molecule has 1 fully saturated rings. The van der Waals surface area contributed by atoms with E-state index in [1.807, 2.05) is 18.3 Å². The van der Waals surface area contributed by atoms with Gasteiger partial charge in [-0.15, -0.1) is 10.2 Å². The van der Waals surface area contributed by atoms with Gasteiger partial charge in [0, 0.05) is 12.6 Å². The lowest BCUT2D eigenvalue weighted by Gasteiger charge is -2.14. The lowest BCUT2D eigenvalue weighted by atomic mass is 9.94. The van der Waals surface area contributed by atoms with Crippen LogP contribution in [0.3, 0.4) is 0 Å². The van der Waals surface area contributed by atoms with E-state index in [4.69, 9.17) is 0 Å². The highest BCUT2D eigenvalue weighted by Crippen LogP contribution is 2.52. The number of carbonyl (C=O) groups is 1. The van der Waals surface area contributed by atoms with Crippen LogP contribution in [0.25, 0.3) is 5.65 Å². The van der Waals surface area contributed by atoms with Crippen LogP contribution in [0.2, 0.25) is 0 Å². The van der Waals surface area contributed by atoms with E-state index < -0.39 is 0 Å². The summed E-state index contributed by atoms with van der Waals surface area (Å²) in [5.74, 6) is 1.02. The molecule has 0 N–H and O–H groups in total. The highest BCUT2D eigenvalue weighted by molar-refractivity contribution is 5.55. The maximum absolute atomic E-state index is 10.7. The third kappa shape index (κ3) is 2.25. The van der Waals surface area contributed by atoms with Gasteiger partial charge in [-0.25, -0.2) is 0 Å². The van der Waals surface area contributed by atoms with Crippen molar-refractivity contribution in [3.05, 3.63) is 65.1 Å². The van der Waals surface area contributed by atoms with Gasteiger partial charge in [0.1, 0.15) is 12.1 Å². The summed E-state index contributed by atoms with van der Waals surface area (Å²) in [6.07, 6.45) is 6.43. The fourth-order valence-corrected chi connectivity index (χ4v) is 3.35. The van der Waals surface area contributed by atoms with Crippen molar-refractivity contribution in [2.75, 3.05) is 0 Å². The summed E-state index contributed by atoms with van der Waals surface area (Å²) in [6, 6.07) is 12.8. The fourth-order valence-electron chi connectivity index (χ4n) is 3.35. The molecule has 116 valence electrons. The zero-order valence-corrected chi connectivity index (χ0v) is 13.2. The Labute approximate surface area is 135 Å². The molecule has 0 atom stereocenters. The molecular formula is C19H19N3O. The molecule has 1 aromatic carbocycles. The summed E-state index contributed by atoms with van der Waals surface area (Å²) in [6.45, 7) is 2.11. The van der Waals surface area contributed by atoms with Crippen molar-refractivity contribution in [1.29, 1.82) is 0 Å². The van der Waals surface area contributed by atoms with Crippen LogP contribution in [-0.2, 0) is 16.6 Å². The Morgan fingerprint density at radius 3 is 2.65 bits per heavy atom. The van der Waals surface area contributed by atoms with Crippen LogP contribution in [-0.4, -0.2) is 20.9 Å². The SMILES string of the molecule is Cc1ccc(C2(c3nnc4c(CCC=O)cccn34)CC2)cc1. The highest BCUT2D eigenvalue weighted by Gasteiger charge is 2.49. The van der Waals surface area contributed by atoms with Gasteiger partial charge in [0.05, 0.1) is 5.41 Å². The Kier molecular flexibility index (Phi) is 3.26. The smallest absolute Gasteiger partial charge is 0.164 e. The largest absolute Gasteiger partial charge is 0.303 e. The van der Waals surface area contributed by atoms with Gasteiger partial charge in [-0.2, -0.15) is 0 Å². The van der Waals surface area contributed by atoms with E-state index in [9.17, 15) is 4.79 Å². The minimum atomic E-state index is -0.00357. The third-order valence-corrected chi connectivity index (χ3v) is 4.83. The Hall–Kier alpha value is -2.49. The maximum atomic E-state index is 10.7. The molecule has 1 aliphatic carbocycles. The van der Waals surface area contributed by atoms with Gasteiger partial charge in [0.15, 0.2) is 5.65 Å². The lowest BCUT2D eigenvalue weighted by molar-refractivity contribution is -0.107. The standard InChI is InChI=1S/C19H19N3O/c1-14-6-8-16(9-7-14)19(10-11-19)18-21-20-17-15(5-3-13-23)4-2-12-22(17)18/h2,4,6-9,12-13H,3,5,10-11H2,1H3. The van der Waals surface area contributed by atoms with Crippen LogP contribution >= 0.6 is 0 Å². The van der Waals surface area contributed by atoms with Crippen molar-refractivity contribution in [2.24, 2.45) is 0 Å².